The van der Waals surface area contributed by atoms with E-state index in [1.807, 2.05) is 0 Å². The maximum Gasteiger partial charge on any atom is 0.0789 e. The molecule has 3 heteroatoms. The highest BCUT2D eigenvalue weighted by Gasteiger charge is 2.48. The minimum absolute atomic E-state index is 0.00399. The molecule has 1 unspecified atom stereocenters. The summed E-state index contributed by atoms with van der Waals surface area (Å²) in [5.74, 6) is 0. The molecular formula is C14H28N2O. The summed E-state index contributed by atoms with van der Waals surface area (Å²) in [7, 11) is 2.08. The van der Waals surface area contributed by atoms with E-state index in [1.54, 1.807) is 0 Å². The minimum Gasteiger partial charge on any atom is -0.368 e. The molecule has 17 heavy (non-hydrogen) atoms. The number of nitrogens with zero attached hydrogens (tertiary/aromatic N) is 1. The zero-order chi connectivity index (χ0) is 12.7. The van der Waals surface area contributed by atoms with E-state index >= 15 is 0 Å². The molecule has 2 saturated heterocycles. The molecule has 2 aliphatic rings. The SMILES string of the molecule is CNC1CCN(C2CC(C)(C)OC2(C)C)CC1. The Morgan fingerprint density at radius 2 is 1.71 bits per heavy atom. The molecule has 2 aliphatic heterocycles. The average Bonchev–Trinajstić information content (AvgIpc) is 2.47. The van der Waals surface area contributed by atoms with Gasteiger partial charge in [0.15, 0.2) is 0 Å². The second kappa shape index (κ2) is 4.52. The summed E-state index contributed by atoms with van der Waals surface area (Å²) in [6.07, 6.45) is 3.69. The predicted octanol–water partition coefficient (Wildman–Crippen LogP) is 2.02. The number of hydrogen-bond acceptors (Lipinski definition) is 3. The first-order chi connectivity index (χ1) is 7.84. The smallest absolute Gasteiger partial charge is 0.0789 e. The summed E-state index contributed by atoms with van der Waals surface area (Å²) in [6, 6.07) is 1.29. The summed E-state index contributed by atoms with van der Waals surface area (Å²) in [4.78, 5) is 2.64. The highest BCUT2D eigenvalue weighted by Crippen LogP contribution is 2.40. The third-order valence-corrected chi connectivity index (χ3v) is 4.41. The van der Waals surface area contributed by atoms with Crippen molar-refractivity contribution in [2.24, 2.45) is 0 Å². The van der Waals surface area contributed by atoms with Crippen LogP contribution in [-0.4, -0.2) is 48.3 Å². The normalized spacial score (nSPS) is 34.1. The number of likely N-dealkylation sites (tertiary alicyclic amines) is 1. The third-order valence-electron chi connectivity index (χ3n) is 4.41. The van der Waals surface area contributed by atoms with Gasteiger partial charge in [-0.1, -0.05) is 0 Å². The fraction of sp³-hybridized carbons (Fsp3) is 1.00. The van der Waals surface area contributed by atoms with Gasteiger partial charge in [0.2, 0.25) is 0 Å². The van der Waals surface area contributed by atoms with Crippen molar-refractivity contribution >= 4 is 0 Å². The van der Waals surface area contributed by atoms with E-state index in [2.05, 4.69) is 45.0 Å². The number of hydrogen-bond donors (Lipinski definition) is 1. The summed E-state index contributed by atoms with van der Waals surface area (Å²) < 4.78 is 6.20. The fourth-order valence-electron chi connectivity index (χ4n) is 3.60. The van der Waals surface area contributed by atoms with Gasteiger partial charge in [-0.15, -0.1) is 0 Å². The van der Waals surface area contributed by atoms with Gasteiger partial charge in [-0.25, -0.2) is 0 Å². The largest absolute Gasteiger partial charge is 0.368 e. The van der Waals surface area contributed by atoms with Crippen LogP contribution < -0.4 is 5.32 Å². The standard InChI is InChI=1S/C14H28N2O/c1-13(2)10-12(14(3,4)17-13)16-8-6-11(15-5)7-9-16/h11-12,15H,6-10H2,1-5H3. The summed E-state index contributed by atoms with van der Waals surface area (Å²) >= 11 is 0. The maximum absolute atomic E-state index is 6.20. The molecule has 1 atom stereocenters. The average molecular weight is 240 g/mol. The van der Waals surface area contributed by atoms with E-state index in [-0.39, 0.29) is 11.2 Å². The number of nitrogens with one attached hydrogen (secondary N) is 1. The van der Waals surface area contributed by atoms with E-state index in [1.165, 1.54) is 25.9 Å². The maximum atomic E-state index is 6.20. The van der Waals surface area contributed by atoms with Gasteiger partial charge < -0.3 is 10.1 Å². The second-order valence-electron chi connectivity index (χ2n) is 6.78. The van der Waals surface area contributed by atoms with Crippen molar-refractivity contribution < 1.29 is 4.74 Å². The van der Waals surface area contributed by atoms with Crippen molar-refractivity contribution in [3.05, 3.63) is 0 Å². The molecule has 100 valence electrons. The van der Waals surface area contributed by atoms with Crippen LogP contribution in [0.1, 0.15) is 47.0 Å². The lowest BCUT2D eigenvalue weighted by molar-refractivity contribution is -0.0822. The van der Waals surface area contributed by atoms with Crippen LogP contribution in [0.5, 0.6) is 0 Å². The van der Waals surface area contributed by atoms with Gasteiger partial charge in [0, 0.05) is 25.2 Å². The topological polar surface area (TPSA) is 24.5 Å². The van der Waals surface area contributed by atoms with E-state index in [9.17, 15) is 0 Å². The number of ether oxygens (including phenoxy) is 1. The Hall–Kier alpha value is -0.120. The molecular weight excluding hydrogens is 212 g/mol. The van der Waals surface area contributed by atoms with Crippen LogP contribution in [0.3, 0.4) is 0 Å². The van der Waals surface area contributed by atoms with Gasteiger partial charge in [-0.2, -0.15) is 0 Å². The highest BCUT2D eigenvalue weighted by molar-refractivity contribution is 5.01. The summed E-state index contributed by atoms with van der Waals surface area (Å²) in [6.45, 7) is 11.3. The van der Waals surface area contributed by atoms with Crippen LogP contribution in [0.4, 0.5) is 0 Å². The van der Waals surface area contributed by atoms with Gasteiger partial charge in [0.25, 0.3) is 0 Å². The Labute approximate surface area is 106 Å². The van der Waals surface area contributed by atoms with E-state index in [0.717, 1.165) is 6.42 Å². The zero-order valence-corrected chi connectivity index (χ0v) is 12.0. The molecule has 0 radical (unpaired) electrons. The van der Waals surface area contributed by atoms with Gasteiger partial charge in [0.05, 0.1) is 11.2 Å². The van der Waals surface area contributed by atoms with Crippen LogP contribution in [0, 0.1) is 0 Å². The first-order valence-electron chi connectivity index (χ1n) is 6.95. The Kier molecular flexibility index (Phi) is 3.54. The van der Waals surface area contributed by atoms with Gasteiger partial charge in [0.1, 0.15) is 0 Å². The molecule has 2 rings (SSSR count). The van der Waals surface area contributed by atoms with Crippen LogP contribution in [-0.2, 0) is 4.74 Å². The summed E-state index contributed by atoms with van der Waals surface area (Å²) in [5, 5.41) is 3.39. The van der Waals surface area contributed by atoms with Crippen molar-refractivity contribution in [1.82, 2.24) is 10.2 Å². The molecule has 0 aliphatic carbocycles. The Morgan fingerprint density at radius 3 is 2.12 bits per heavy atom. The van der Waals surface area contributed by atoms with Crippen molar-refractivity contribution in [2.75, 3.05) is 20.1 Å². The lowest BCUT2D eigenvalue weighted by atomic mass is 9.91. The van der Waals surface area contributed by atoms with Crippen LogP contribution >= 0.6 is 0 Å². The first-order valence-corrected chi connectivity index (χ1v) is 6.95. The predicted molar refractivity (Wildman–Crippen MR) is 71.3 cm³/mol. The molecule has 0 spiro atoms. The molecule has 0 aromatic rings. The lowest BCUT2D eigenvalue weighted by Crippen LogP contribution is -2.51. The van der Waals surface area contributed by atoms with Gasteiger partial charge in [-0.3, -0.25) is 4.90 Å². The lowest BCUT2D eigenvalue weighted by Gasteiger charge is -2.40. The Morgan fingerprint density at radius 1 is 1.12 bits per heavy atom. The zero-order valence-electron chi connectivity index (χ0n) is 12.0. The van der Waals surface area contributed by atoms with Gasteiger partial charge >= 0.3 is 0 Å². The number of rotatable bonds is 2. The molecule has 1 N–H and O–H groups in total. The van der Waals surface area contributed by atoms with E-state index < -0.39 is 0 Å². The molecule has 0 aromatic carbocycles. The minimum atomic E-state index is -0.00399. The Bertz CT molecular complexity index is 267. The van der Waals surface area contributed by atoms with Gasteiger partial charge in [-0.05, 0) is 54.0 Å². The first kappa shape index (κ1) is 13.3. The molecule has 2 fully saturated rings. The second-order valence-corrected chi connectivity index (χ2v) is 6.78. The third kappa shape index (κ3) is 2.83. The van der Waals surface area contributed by atoms with Crippen LogP contribution in [0.2, 0.25) is 0 Å². The Balaban J connectivity index is 1.99. The van der Waals surface area contributed by atoms with Crippen molar-refractivity contribution in [1.29, 1.82) is 0 Å². The molecule has 2 heterocycles. The molecule has 0 amide bonds. The van der Waals surface area contributed by atoms with Crippen LogP contribution in [0.25, 0.3) is 0 Å². The van der Waals surface area contributed by atoms with Crippen molar-refractivity contribution in [3.63, 3.8) is 0 Å². The fourth-order valence-corrected chi connectivity index (χ4v) is 3.60. The molecule has 0 aromatic heterocycles. The monoisotopic (exact) mass is 240 g/mol. The number of piperidine rings is 1. The van der Waals surface area contributed by atoms with E-state index in [0.29, 0.717) is 12.1 Å². The molecule has 0 bridgehead atoms. The quantitative estimate of drug-likeness (QED) is 0.799. The molecule has 0 saturated carbocycles. The molecule has 3 nitrogen and oxygen atoms in total. The summed E-state index contributed by atoms with van der Waals surface area (Å²) in [5.41, 5.74) is 0.0317. The van der Waals surface area contributed by atoms with Crippen molar-refractivity contribution in [3.8, 4) is 0 Å². The van der Waals surface area contributed by atoms with E-state index in [4.69, 9.17) is 4.74 Å². The van der Waals surface area contributed by atoms with Crippen molar-refractivity contribution in [2.45, 2.75) is 70.2 Å². The highest BCUT2D eigenvalue weighted by atomic mass is 16.5. The van der Waals surface area contributed by atoms with Crippen LogP contribution in [0.15, 0.2) is 0 Å².